The number of hydrogen-bond acceptors (Lipinski definition) is 2. The van der Waals surface area contributed by atoms with Crippen molar-refractivity contribution in [3.63, 3.8) is 0 Å². The first kappa shape index (κ1) is 12.2. The van der Waals surface area contributed by atoms with Gasteiger partial charge in [-0.25, -0.2) is 0 Å². The lowest BCUT2D eigenvalue weighted by molar-refractivity contribution is 0.0914. The standard InChI is InChI=1S/C10H16BrN3O/c1-7(11)10(2,3)13-9(15)8-5-12-14(4)6-8/h5-7H,1-4H3,(H,13,15). The molecule has 0 radical (unpaired) electrons. The first-order valence-corrected chi connectivity index (χ1v) is 5.70. The molecule has 1 aromatic heterocycles. The molecule has 0 aromatic carbocycles. The summed E-state index contributed by atoms with van der Waals surface area (Å²) in [6.45, 7) is 5.95. The molecule has 5 heteroatoms. The monoisotopic (exact) mass is 273 g/mol. The highest BCUT2D eigenvalue weighted by atomic mass is 79.9. The normalized spacial score (nSPS) is 13.7. The van der Waals surface area contributed by atoms with Gasteiger partial charge in [0.15, 0.2) is 0 Å². The predicted molar refractivity (Wildman–Crippen MR) is 63.1 cm³/mol. The average molecular weight is 274 g/mol. The Kier molecular flexibility index (Phi) is 3.54. The minimum absolute atomic E-state index is 0.0978. The van der Waals surface area contributed by atoms with Gasteiger partial charge in [-0.3, -0.25) is 9.48 Å². The van der Waals surface area contributed by atoms with Crippen LogP contribution in [0.5, 0.6) is 0 Å². The summed E-state index contributed by atoms with van der Waals surface area (Å²) in [5.41, 5.74) is 0.297. The van der Waals surface area contributed by atoms with Gasteiger partial charge in [0.25, 0.3) is 5.91 Å². The van der Waals surface area contributed by atoms with E-state index in [-0.39, 0.29) is 16.3 Å². The Balaban J connectivity index is 2.72. The van der Waals surface area contributed by atoms with Crippen LogP contribution in [0.3, 0.4) is 0 Å². The van der Waals surface area contributed by atoms with Crippen LogP contribution in [0.15, 0.2) is 12.4 Å². The Bertz CT molecular complexity index is 357. The van der Waals surface area contributed by atoms with Crippen molar-refractivity contribution >= 4 is 21.8 Å². The van der Waals surface area contributed by atoms with Crippen LogP contribution in [0.4, 0.5) is 0 Å². The summed E-state index contributed by atoms with van der Waals surface area (Å²) in [7, 11) is 1.79. The van der Waals surface area contributed by atoms with Gasteiger partial charge in [0.1, 0.15) is 0 Å². The average Bonchev–Trinajstić information content (AvgIpc) is 2.50. The van der Waals surface area contributed by atoms with E-state index in [2.05, 4.69) is 26.3 Å². The zero-order valence-corrected chi connectivity index (χ0v) is 11.0. The maximum absolute atomic E-state index is 11.8. The molecular weight excluding hydrogens is 258 g/mol. The Morgan fingerprint density at radius 3 is 2.67 bits per heavy atom. The van der Waals surface area contributed by atoms with Crippen molar-refractivity contribution < 1.29 is 4.79 Å². The lowest BCUT2D eigenvalue weighted by Crippen LogP contribution is -2.48. The van der Waals surface area contributed by atoms with Crippen LogP contribution in [-0.2, 0) is 7.05 Å². The molecule has 0 saturated carbocycles. The van der Waals surface area contributed by atoms with E-state index in [1.165, 1.54) is 0 Å². The second kappa shape index (κ2) is 4.35. The van der Waals surface area contributed by atoms with Gasteiger partial charge in [0.05, 0.1) is 11.8 Å². The molecule has 4 nitrogen and oxygen atoms in total. The predicted octanol–water partition coefficient (Wildman–Crippen LogP) is 1.71. The van der Waals surface area contributed by atoms with Crippen molar-refractivity contribution in [1.82, 2.24) is 15.1 Å². The SMILES string of the molecule is CC(Br)C(C)(C)NC(=O)c1cnn(C)c1. The lowest BCUT2D eigenvalue weighted by Gasteiger charge is -2.28. The van der Waals surface area contributed by atoms with Crippen molar-refractivity contribution in [1.29, 1.82) is 0 Å². The molecule has 1 N–H and O–H groups in total. The summed E-state index contributed by atoms with van der Waals surface area (Å²) in [5.74, 6) is -0.0978. The van der Waals surface area contributed by atoms with Gasteiger partial charge >= 0.3 is 0 Å². The van der Waals surface area contributed by atoms with E-state index in [0.717, 1.165) is 0 Å². The highest BCUT2D eigenvalue weighted by Gasteiger charge is 2.26. The number of aryl methyl sites for hydroxylation is 1. The highest BCUT2D eigenvalue weighted by molar-refractivity contribution is 9.09. The third-order valence-corrected chi connectivity index (χ3v) is 3.54. The number of aromatic nitrogens is 2. The molecule has 1 atom stereocenters. The molecule has 0 spiro atoms. The van der Waals surface area contributed by atoms with Crippen molar-refractivity contribution in [3.05, 3.63) is 18.0 Å². The third kappa shape index (κ3) is 3.06. The molecule has 0 aliphatic heterocycles. The summed E-state index contributed by atoms with van der Waals surface area (Å²) in [4.78, 5) is 12.0. The second-order valence-electron chi connectivity index (χ2n) is 4.19. The van der Waals surface area contributed by atoms with E-state index >= 15 is 0 Å². The fourth-order valence-electron chi connectivity index (χ4n) is 1.00. The summed E-state index contributed by atoms with van der Waals surface area (Å²) in [6.07, 6.45) is 3.26. The van der Waals surface area contributed by atoms with Gasteiger partial charge in [-0.1, -0.05) is 22.9 Å². The molecule has 1 unspecified atom stereocenters. The molecule has 0 aliphatic carbocycles. The Hall–Kier alpha value is -0.840. The van der Waals surface area contributed by atoms with Crippen LogP contribution in [0.2, 0.25) is 0 Å². The number of hydrogen-bond donors (Lipinski definition) is 1. The third-order valence-electron chi connectivity index (χ3n) is 2.40. The van der Waals surface area contributed by atoms with E-state index < -0.39 is 0 Å². The maximum atomic E-state index is 11.8. The Morgan fingerprint density at radius 2 is 2.27 bits per heavy atom. The number of nitrogens with zero attached hydrogens (tertiary/aromatic N) is 2. The molecular formula is C10H16BrN3O. The fourth-order valence-corrected chi connectivity index (χ4v) is 1.12. The molecule has 1 aromatic rings. The van der Waals surface area contributed by atoms with Crippen LogP contribution < -0.4 is 5.32 Å². The second-order valence-corrected chi connectivity index (χ2v) is 5.57. The van der Waals surface area contributed by atoms with Crippen molar-refractivity contribution in [3.8, 4) is 0 Å². The van der Waals surface area contributed by atoms with Crippen LogP contribution in [0, 0.1) is 0 Å². The first-order chi connectivity index (χ1) is 6.83. The number of nitrogens with one attached hydrogen (secondary N) is 1. The molecule has 0 saturated heterocycles. The van der Waals surface area contributed by atoms with Gasteiger partial charge in [0.2, 0.25) is 0 Å². The molecule has 0 fully saturated rings. The molecule has 1 amide bonds. The minimum atomic E-state index is -0.285. The molecule has 1 heterocycles. The number of carbonyl (C=O) groups excluding carboxylic acids is 1. The Morgan fingerprint density at radius 1 is 1.67 bits per heavy atom. The van der Waals surface area contributed by atoms with Crippen molar-refractivity contribution in [2.75, 3.05) is 0 Å². The summed E-state index contributed by atoms with van der Waals surface area (Å²) in [6, 6.07) is 0. The van der Waals surface area contributed by atoms with Gasteiger partial charge < -0.3 is 5.32 Å². The van der Waals surface area contributed by atoms with E-state index in [4.69, 9.17) is 0 Å². The smallest absolute Gasteiger partial charge is 0.254 e. The maximum Gasteiger partial charge on any atom is 0.254 e. The molecule has 0 bridgehead atoms. The highest BCUT2D eigenvalue weighted by Crippen LogP contribution is 2.17. The zero-order valence-electron chi connectivity index (χ0n) is 9.41. The lowest BCUT2D eigenvalue weighted by atomic mass is 10.0. The quantitative estimate of drug-likeness (QED) is 0.853. The summed E-state index contributed by atoms with van der Waals surface area (Å²) in [5, 5.41) is 6.90. The van der Waals surface area contributed by atoms with E-state index in [1.54, 1.807) is 24.1 Å². The molecule has 0 aliphatic rings. The van der Waals surface area contributed by atoms with E-state index in [1.807, 2.05) is 20.8 Å². The number of halogens is 1. The Labute approximate surface area is 98.2 Å². The van der Waals surface area contributed by atoms with E-state index in [9.17, 15) is 4.79 Å². The van der Waals surface area contributed by atoms with Crippen LogP contribution >= 0.6 is 15.9 Å². The van der Waals surface area contributed by atoms with Gasteiger partial charge in [0, 0.05) is 23.6 Å². The summed E-state index contributed by atoms with van der Waals surface area (Å²) < 4.78 is 1.61. The number of amides is 1. The zero-order chi connectivity index (χ0) is 11.6. The first-order valence-electron chi connectivity index (χ1n) is 4.78. The van der Waals surface area contributed by atoms with Crippen molar-refractivity contribution in [2.45, 2.75) is 31.1 Å². The van der Waals surface area contributed by atoms with Crippen LogP contribution in [0.1, 0.15) is 31.1 Å². The largest absolute Gasteiger partial charge is 0.346 e. The van der Waals surface area contributed by atoms with Gasteiger partial charge in [-0.2, -0.15) is 5.10 Å². The van der Waals surface area contributed by atoms with Gasteiger partial charge in [-0.05, 0) is 13.8 Å². The van der Waals surface area contributed by atoms with Crippen LogP contribution in [-0.4, -0.2) is 26.1 Å². The van der Waals surface area contributed by atoms with Crippen molar-refractivity contribution in [2.24, 2.45) is 7.05 Å². The number of alkyl halides is 1. The number of carbonyl (C=O) groups is 1. The minimum Gasteiger partial charge on any atom is -0.346 e. The molecule has 1 rings (SSSR count). The van der Waals surface area contributed by atoms with Gasteiger partial charge in [-0.15, -0.1) is 0 Å². The van der Waals surface area contributed by atoms with E-state index in [0.29, 0.717) is 5.56 Å². The molecule has 15 heavy (non-hydrogen) atoms. The summed E-state index contributed by atoms with van der Waals surface area (Å²) >= 11 is 3.47. The molecule has 84 valence electrons. The topological polar surface area (TPSA) is 46.9 Å². The fraction of sp³-hybridized carbons (Fsp3) is 0.600. The van der Waals surface area contributed by atoms with Crippen LogP contribution in [0.25, 0.3) is 0 Å². The number of rotatable bonds is 3.